The van der Waals surface area contributed by atoms with Gasteiger partial charge in [-0.2, -0.15) is 0 Å². The van der Waals surface area contributed by atoms with Gasteiger partial charge < -0.3 is 10.3 Å². The Kier molecular flexibility index (Phi) is 3.75. The summed E-state index contributed by atoms with van der Waals surface area (Å²) in [5.41, 5.74) is 4.40. The molecule has 21 heavy (non-hydrogen) atoms. The largest absolute Gasteiger partial charge is 0.348 e. The summed E-state index contributed by atoms with van der Waals surface area (Å²) >= 11 is 0. The zero-order valence-electron chi connectivity index (χ0n) is 12.3. The second kappa shape index (κ2) is 5.69. The molecule has 2 aromatic rings. The van der Waals surface area contributed by atoms with Gasteiger partial charge in [0.2, 0.25) is 5.91 Å². The molecule has 2 heterocycles. The lowest BCUT2D eigenvalue weighted by molar-refractivity contribution is -0.124. The van der Waals surface area contributed by atoms with Gasteiger partial charge in [0.25, 0.3) is 0 Å². The number of imidazole rings is 1. The van der Waals surface area contributed by atoms with Gasteiger partial charge in [-0.3, -0.25) is 10.1 Å². The topological polar surface area (TPSA) is 69.8 Å². The Morgan fingerprint density at radius 2 is 2.24 bits per heavy atom. The van der Waals surface area contributed by atoms with Crippen molar-refractivity contribution in [3.63, 3.8) is 0 Å². The van der Waals surface area contributed by atoms with Gasteiger partial charge in [0.1, 0.15) is 0 Å². The van der Waals surface area contributed by atoms with E-state index in [-0.39, 0.29) is 18.0 Å². The number of aromatic nitrogens is 2. The van der Waals surface area contributed by atoms with Crippen LogP contribution in [0.25, 0.3) is 0 Å². The molecule has 0 fully saturated rings. The van der Waals surface area contributed by atoms with Crippen LogP contribution in [0.2, 0.25) is 0 Å². The number of rotatable bonds is 3. The normalized spacial score (nSPS) is 18.9. The lowest BCUT2D eigenvalue weighted by Crippen LogP contribution is -2.48. The third-order valence-electron chi connectivity index (χ3n) is 4.06. The van der Waals surface area contributed by atoms with E-state index in [2.05, 4.69) is 39.7 Å². The molecule has 110 valence electrons. The smallest absolute Gasteiger partial charge is 0.238 e. The van der Waals surface area contributed by atoms with Crippen molar-refractivity contribution in [2.45, 2.75) is 38.9 Å². The van der Waals surface area contributed by atoms with Crippen molar-refractivity contribution in [2.24, 2.45) is 0 Å². The fourth-order valence-corrected chi connectivity index (χ4v) is 2.82. The standard InChI is InChI=1S/C16H20N4O/c1-10-5-3-4-6-12(10)11(2)20-16(21)14-7-13-15(8-17-14)19-9-18-13/h3-6,9,11,14,17H,7-8H2,1-2H3,(H,18,19)(H,20,21)/t11-,14?/m0/s1. The summed E-state index contributed by atoms with van der Waals surface area (Å²) in [5, 5.41) is 6.34. The summed E-state index contributed by atoms with van der Waals surface area (Å²) in [6.07, 6.45) is 2.31. The van der Waals surface area contributed by atoms with Crippen molar-refractivity contribution in [1.82, 2.24) is 20.6 Å². The minimum atomic E-state index is -0.215. The van der Waals surface area contributed by atoms with Gasteiger partial charge in [-0.15, -0.1) is 0 Å². The van der Waals surface area contributed by atoms with Crippen molar-refractivity contribution in [2.75, 3.05) is 0 Å². The Hall–Kier alpha value is -2.14. The molecule has 0 bridgehead atoms. The molecule has 5 heteroatoms. The Bertz CT molecular complexity index is 649. The molecule has 3 rings (SSSR count). The van der Waals surface area contributed by atoms with Crippen molar-refractivity contribution in [3.05, 3.63) is 53.1 Å². The molecule has 1 unspecified atom stereocenters. The van der Waals surface area contributed by atoms with Crippen LogP contribution in [0, 0.1) is 6.92 Å². The Labute approximate surface area is 124 Å². The first-order chi connectivity index (χ1) is 10.1. The van der Waals surface area contributed by atoms with Crippen LogP contribution in [-0.4, -0.2) is 21.9 Å². The van der Waals surface area contributed by atoms with Crippen LogP contribution in [0.1, 0.15) is 35.5 Å². The molecule has 0 radical (unpaired) electrons. The summed E-state index contributed by atoms with van der Waals surface area (Å²) in [6, 6.07) is 7.91. The highest BCUT2D eigenvalue weighted by Gasteiger charge is 2.26. The van der Waals surface area contributed by atoms with Crippen LogP contribution in [0.5, 0.6) is 0 Å². The van der Waals surface area contributed by atoms with E-state index in [0.29, 0.717) is 13.0 Å². The van der Waals surface area contributed by atoms with E-state index in [1.54, 1.807) is 6.33 Å². The number of benzene rings is 1. The van der Waals surface area contributed by atoms with E-state index in [4.69, 9.17) is 0 Å². The lowest BCUT2D eigenvalue weighted by atomic mass is 10.0. The lowest BCUT2D eigenvalue weighted by Gasteiger charge is -2.25. The highest BCUT2D eigenvalue weighted by atomic mass is 16.2. The molecule has 1 aromatic carbocycles. The third kappa shape index (κ3) is 2.83. The molecule has 1 aliphatic heterocycles. The molecular weight excluding hydrogens is 264 g/mol. The van der Waals surface area contributed by atoms with Gasteiger partial charge in [-0.05, 0) is 25.0 Å². The molecule has 1 amide bonds. The van der Waals surface area contributed by atoms with E-state index in [1.165, 1.54) is 5.56 Å². The number of nitrogens with one attached hydrogen (secondary N) is 3. The first-order valence-electron chi connectivity index (χ1n) is 7.25. The molecule has 5 nitrogen and oxygen atoms in total. The van der Waals surface area contributed by atoms with Crippen LogP contribution < -0.4 is 10.6 Å². The maximum absolute atomic E-state index is 12.4. The minimum absolute atomic E-state index is 0.00100. The molecule has 2 atom stereocenters. The molecule has 1 aliphatic rings. The van der Waals surface area contributed by atoms with Gasteiger partial charge in [0, 0.05) is 13.0 Å². The summed E-state index contributed by atoms with van der Waals surface area (Å²) in [4.78, 5) is 19.8. The second-order valence-electron chi connectivity index (χ2n) is 5.55. The predicted octanol–water partition coefficient (Wildman–Crippen LogP) is 1.61. The first-order valence-corrected chi connectivity index (χ1v) is 7.25. The molecule has 0 saturated carbocycles. The molecule has 0 aliphatic carbocycles. The van der Waals surface area contributed by atoms with E-state index in [1.807, 2.05) is 19.1 Å². The minimum Gasteiger partial charge on any atom is -0.348 e. The van der Waals surface area contributed by atoms with Crippen molar-refractivity contribution in [1.29, 1.82) is 0 Å². The van der Waals surface area contributed by atoms with Gasteiger partial charge in [0.05, 0.1) is 29.8 Å². The van der Waals surface area contributed by atoms with E-state index in [0.717, 1.165) is 17.0 Å². The zero-order valence-corrected chi connectivity index (χ0v) is 12.3. The highest BCUT2D eigenvalue weighted by Crippen LogP contribution is 2.18. The Balaban J connectivity index is 1.66. The van der Waals surface area contributed by atoms with Gasteiger partial charge in [-0.25, -0.2) is 4.98 Å². The number of hydrogen-bond acceptors (Lipinski definition) is 3. The molecule has 0 saturated heterocycles. The molecule has 1 aromatic heterocycles. The SMILES string of the molecule is Cc1ccccc1[C@H](C)NC(=O)C1Cc2nc[nH]c2CN1. The number of amides is 1. The maximum atomic E-state index is 12.4. The molecular formula is C16H20N4O. The molecule has 0 spiro atoms. The number of H-pyrrole nitrogens is 1. The number of fused-ring (bicyclic) bond motifs is 1. The van der Waals surface area contributed by atoms with Crippen LogP contribution in [-0.2, 0) is 17.8 Å². The van der Waals surface area contributed by atoms with Gasteiger partial charge in [0.15, 0.2) is 0 Å². The Morgan fingerprint density at radius 1 is 1.43 bits per heavy atom. The quantitative estimate of drug-likeness (QED) is 0.802. The third-order valence-corrected chi connectivity index (χ3v) is 4.06. The summed E-state index contributed by atoms with van der Waals surface area (Å²) in [6.45, 7) is 4.74. The van der Waals surface area contributed by atoms with Gasteiger partial charge >= 0.3 is 0 Å². The number of hydrogen-bond donors (Lipinski definition) is 3. The number of aromatic amines is 1. The van der Waals surface area contributed by atoms with E-state index < -0.39 is 0 Å². The Morgan fingerprint density at radius 3 is 3.05 bits per heavy atom. The van der Waals surface area contributed by atoms with Gasteiger partial charge in [-0.1, -0.05) is 24.3 Å². The fourth-order valence-electron chi connectivity index (χ4n) is 2.82. The average molecular weight is 284 g/mol. The summed E-state index contributed by atoms with van der Waals surface area (Å²) < 4.78 is 0. The first kappa shape index (κ1) is 13.8. The predicted molar refractivity (Wildman–Crippen MR) is 80.7 cm³/mol. The van der Waals surface area contributed by atoms with Crippen LogP contribution in [0.3, 0.4) is 0 Å². The number of aryl methyl sites for hydroxylation is 1. The van der Waals surface area contributed by atoms with Crippen molar-refractivity contribution in [3.8, 4) is 0 Å². The fraction of sp³-hybridized carbons (Fsp3) is 0.375. The van der Waals surface area contributed by atoms with E-state index >= 15 is 0 Å². The van der Waals surface area contributed by atoms with Crippen LogP contribution >= 0.6 is 0 Å². The number of carbonyl (C=O) groups excluding carboxylic acids is 1. The second-order valence-corrected chi connectivity index (χ2v) is 5.55. The summed E-state index contributed by atoms with van der Waals surface area (Å²) in [7, 11) is 0. The summed E-state index contributed by atoms with van der Waals surface area (Å²) in [5.74, 6) is 0.0272. The number of nitrogens with zero attached hydrogens (tertiary/aromatic N) is 1. The van der Waals surface area contributed by atoms with Crippen LogP contribution in [0.4, 0.5) is 0 Å². The highest BCUT2D eigenvalue weighted by molar-refractivity contribution is 5.82. The average Bonchev–Trinajstić information content (AvgIpc) is 2.94. The van der Waals surface area contributed by atoms with E-state index in [9.17, 15) is 4.79 Å². The number of carbonyl (C=O) groups is 1. The maximum Gasteiger partial charge on any atom is 0.238 e. The zero-order chi connectivity index (χ0) is 14.8. The van der Waals surface area contributed by atoms with Crippen LogP contribution in [0.15, 0.2) is 30.6 Å². The van der Waals surface area contributed by atoms with Crippen molar-refractivity contribution >= 4 is 5.91 Å². The monoisotopic (exact) mass is 284 g/mol. The molecule has 3 N–H and O–H groups in total. The van der Waals surface area contributed by atoms with Crippen molar-refractivity contribution < 1.29 is 4.79 Å².